The maximum absolute atomic E-state index is 12.1. The number of carboxylic acid groups (broad SMARTS) is 1. The van der Waals surface area contributed by atoms with E-state index in [1.807, 2.05) is 0 Å². The maximum Gasteiger partial charge on any atom is 0.523 e. The van der Waals surface area contributed by atoms with E-state index in [1.165, 1.54) is 24.3 Å². The second kappa shape index (κ2) is 5.57. The SMILES string of the molecule is O=C(O)[C@H](Cc1ccccc1)OS(=O)(=O)C(F)(F)F. The van der Waals surface area contributed by atoms with Gasteiger partial charge in [-0.25, -0.2) is 8.98 Å². The van der Waals surface area contributed by atoms with Crippen LogP contribution in [0.5, 0.6) is 0 Å². The van der Waals surface area contributed by atoms with Crippen LogP contribution in [0.15, 0.2) is 30.3 Å². The van der Waals surface area contributed by atoms with Crippen molar-refractivity contribution in [3.8, 4) is 0 Å². The summed E-state index contributed by atoms with van der Waals surface area (Å²) in [5, 5.41) is 8.71. The largest absolute Gasteiger partial charge is 0.523 e. The summed E-state index contributed by atoms with van der Waals surface area (Å²) in [6.07, 6.45) is -2.63. The van der Waals surface area contributed by atoms with Gasteiger partial charge in [0.05, 0.1) is 0 Å². The smallest absolute Gasteiger partial charge is 0.479 e. The van der Waals surface area contributed by atoms with Gasteiger partial charge < -0.3 is 5.11 Å². The average molecular weight is 298 g/mol. The zero-order valence-corrected chi connectivity index (χ0v) is 10.1. The van der Waals surface area contributed by atoms with Gasteiger partial charge in [-0.1, -0.05) is 30.3 Å². The second-order valence-electron chi connectivity index (χ2n) is 3.51. The van der Waals surface area contributed by atoms with Gasteiger partial charge in [0.1, 0.15) is 0 Å². The van der Waals surface area contributed by atoms with Gasteiger partial charge in [0.15, 0.2) is 6.10 Å². The van der Waals surface area contributed by atoms with Crippen molar-refractivity contribution < 1.29 is 35.7 Å². The van der Waals surface area contributed by atoms with Gasteiger partial charge in [-0.2, -0.15) is 21.6 Å². The molecule has 0 bridgehead atoms. The molecule has 1 aromatic carbocycles. The zero-order chi connectivity index (χ0) is 14.7. The van der Waals surface area contributed by atoms with Crippen molar-refractivity contribution in [1.82, 2.24) is 0 Å². The number of benzene rings is 1. The summed E-state index contributed by atoms with van der Waals surface area (Å²) in [4.78, 5) is 10.8. The van der Waals surface area contributed by atoms with Gasteiger partial charge in [-0.15, -0.1) is 0 Å². The highest BCUT2D eigenvalue weighted by Gasteiger charge is 2.49. The highest BCUT2D eigenvalue weighted by molar-refractivity contribution is 7.87. The fourth-order valence-electron chi connectivity index (χ4n) is 1.20. The molecule has 0 spiro atoms. The first-order chi connectivity index (χ1) is 8.63. The molecule has 19 heavy (non-hydrogen) atoms. The van der Waals surface area contributed by atoms with Crippen LogP contribution in [0.2, 0.25) is 0 Å². The molecule has 0 radical (unpaired) electrons. The van der Waals surface area contributed by atoms with E-state index in [1.54, 1.807) is 6.07 Å². The maximum atomic E-state index is 12.1. The van der Waals surface area contributed by atoms with Crippen molar-refractivity contribution in [3.05, 3.63) is 35.9 Å². The molecular formula is C10H9F3O5S. The Hall–Kier alpha value is -1.61. The third-order valence-corrected chi connectivity index (χ3v) is 3.12. The van der Waals surface area contributed by atoms with Crippen molar-refractivity contribution in [2.75, 3.05) is 0 Å². The standard InChI is InChI=1S/C10H9F3O5S/c11-10(12,13)19(16,17)18-8(9(14)15)6-7-4-2-1-3-5-7/h1-5,8H,6H2,(H,14,15)/t8-/m0/s1. The predicted octanol–water partition coefficient (Wildman–Crippen LogP) is 1.55. The number of carbonyl (C=O) groups is 1. The van der Waals surface area contributed by atoms with Gasteiger partial charge in [-0.05, 0) is 5.56 Å². The number of halogens is 3. The molecule has 0 aliphatic heterocycles. The Bertz CT molecular complexity index is 538. The molecular weight excluding hydrogens is 289 g/mol. The van der Waals surface area contributed by atoms with Gasteiger partial charge in [0.25, 0.3) is 0 Å². The van der Waals surface area contributed by atoms with E-state index in [4.69, 9.17) is 5.11 Å². The Morgan fingerprint density at radius 2 is 1.79 bits per heavy atom. The number of hydrogen-bond acceptors (Lipinski definition) is 4. The first-order valence-corrected chi connectivity index (χ1v) is 6.30. The Balaban J connectivity index is 2.90. The van der Waals surface area contributed by atoms with Crippen LogP contribution in [0.25, 0.3) is 0 Å². The lowest BCUT2D eigenvalue weighted by Gasteiger charge is -2.14. The number of carboxylic acids is 1. The predicted molar refractivity (Wildman–Crippen MR) is 57.6 cm³/mol. The molecule has 1 N–H and O–H groups in total. The summed E-state index contributed by atoms with van der Waals surface area (Å²) in [7, 11) is -5.94. The molecule has 0 aliphatic rings. The van der Waals surface area contributed by atoms with Crippen LogP contribution in [0.3, 0.4) is 0 Å². The van der Waals surface area contributed by atoms with E-state index in [2.05, 4.69) is 4.18 Å². The Labute approximate surface area is 106 Å². The summed E-state index contributed by atoms with van der Waals surface area (Å²) in [6, 6.07) is 7.57. The van der Waals surface area contributed by atoms with E-state index < -0.39 is 34.1 Å². The van der Waals surface area contributed by atoms with Gasteiger partial charge in [-0.3, -0.25) is 0 Å². The van der Waals surface area contributed by atoms with Crippen molar-refractivity contribution in [2.45, 2.75) is 18.0 Å². The molecule has 0 fully saturated rings. The fraction of sp³-hybridized carbons (Fsp3) is 0.300. The molecule has 1 rings (SSSR count). The molecule has 5 nitrogen and oxygen atoms in total. The molecule has 9 heteroatoms. The van der Waals surface area contributed by atoms with Crippen molar-refractivity contribution in [2.24, 2.45) is 0 Å². The summed E-state index contributed by atoms with van der Waals surface area (Å²) < 4.78 is 61.5. The summed E-state index contributed by atoms with van der Waals surface area (Å²) in [6.45, 7) is 0. The zero-order valence-electron chi connectivity index (χ0n) is 9.29. The van der Waals surface area contributed by atoms with Crippen LogP contribution < -0.4 is 0 Å². The van der Waals surface area contributed by atoms with Gasteiger partial charge in [0.2, 0.25) is 0 Å². The van der Waals surface area contributed by atoms with Crippen LogP contribution >= 0.6 is 0 Å². The minimum Gasteiger partial charge on any atom is -0.479 e. The molecule has 106 valence electrons. The van der Waals surface area contributed by atoms with Crippen LogP contribution in [0.1, 0.15) is 5.56 Å². The fourth-order valence-corrected chi connectivity index (χ4v) is 1.76. The van der Waals surface area contributed by atoms with Crippen molar-refractivity contribution in [1.29, 1.82) is 0 Å². The molecule has 0 amide bonds. The van der Waals surface area contributed by atoms with Crippen molar-refractivity contribution in [3.63, 3.8) is 0 Å². The molecule has 0 heterocycles. The van der Waals surface area contributed by atoms with E-state index in [0.717, 1.165) is 0 Å². The number of rotatable bonds is 5. The van der Waals surface area contributed by atoms with Crippen LogP contribution in [-0.2, 0) is 25.5 Å². The number of hydrogen-bond donors (Lipinski definition) is 1. The molecule has 0 saturated carbocycles. The first kappa shape index (κ1) is 15.4. The van der Waals surface area contributed by atoms with E-state index in [9.17, 15) is 26.4 Å². The third kappa shape index (κ3) is 4.21. The van der Waals surface area contributed by atoms with Crippen molar-refractivity contribution >= 4 is 16.1 Å². The lowest BCUT2D eigenvalue weighted by atomic mass is 10.1. The van der Waals surface area contributed by atoms with Crippen LogP contribution in [-0.4, -0.2) is 31.1 Å². The topological polar surface area (TPSA) is 80.7 Å². The minimum absolute atomic E-state index is 0.340. The summed E-state index contributed by atoms with van der Waals surface area (Å²) in [5.74, 6) is -1.79. The third-order valence-electron chi connectivity index (χ3n) is 2.07. The average Bonchev–Trinajstić information content (AvgIpc) is 2.27. The summed E-state index contributed by atoms with van der Waals surface area (Å²) in [5.41, 5.74) is -5.32. The Morgan fingerprint density at radius 1 is 1.26 bits per heavy atom. The quantitative estimate of drug-likeness (QED) is 0.659. The second-order valence-corrected chi connectivity index (χ2v) is 5.08. The first-order valence-electron chi connectivity index (χ1n) is 4.90. The van der Waals surface area contributed by atoms with E-state index in [-0.39, 0.29) is 0 Å². The highest BCUT2D eigenvalue weighted by Crippen LogP contribution is 2.26. The minimum atomic E-state index is -5.94. The summed E-state index contributed by atoms with van der Waals surface area (Å²) >= 11 is 0. The van der Waals surface area contributed by atoms with Gasteiger partial charge in [0, 0.05) is 6.42 Å². The Kier molecular flexibility index (Phi) is 4.53. The van der Waals surface area contributed by atoms with Crippen LogP contribution in [0.4, 0.5) is 13.2 Å². The molecule has 0 unspecified atom stereocenters. The molecule has 0 aliphatic carbocycles. The molecule has 1 aromatic rings. The molecule has 1 atom stereocenters. The van der Waals surface area contributed by atoms with E-state index >= 15 is 0 Å². The normalized spacial score (nSPS) is 14.1. The molecule has 0 aromatic heterocycles. The van der Waals surface area contributed by atoms with E-state index in [0.29, 0.717) is 5.56 Å². The lowest BCUT2D eigenvalue weighted by Crippen LogP contribution is -2.35. The van der Waals surface area contributed by atoms with Crippen LogP contribution in [0, 0.1) is 0 Å². The number of aliphatic carboxylic acids is 1. The lowest BCUT2D eigenvalue weighted by molar-refractivity contribution is -0.145. The van der Waals surface area contributed by atoms with Gasteiger partial charge >= 0.3 is 21.6 Å². The number of alkyl halides is 3. The molecule has 0 saturated heterocycles. The monoisotopic (exact) mass is 298 g/mol. The highest BCUT2D eigenvalue weighted by atomic mass is 32.2. The Morgan fingerprint density at radius 3 is 2.21 bits per heavy atom.